The van der Waals surface area contributed by atoms with Crippen LogP contribution in [0.25, 0.3) is 22.3 Å². The highest BCUT2D eigenvalue weighted by atomic mass is 32.1. The van der Waals surface area contributed by atoms with E-state index >= 15 is 0 Å². The van der Waals surface area contributed by atoms with Crippen LogP contribution >= 0.6 is 11.3 Å². The van der Waals surface area contributed by atoms with Crippen LogP contribution in [-0.2, 0) is 0 Å². The maximum atomic E-state index is 4.62. The van der Waals surface area contributed by atoms with Gasteiger partial charge in [-0.1, -0.05) is 6.07 Å². The van der Waals surface area contributed by atoms with E-state index in [2.05, 4.69) is 25.3 Å². The number of nitrogens with zero attached hydrogens (tertiary/aromatic N) is 3. The molecule has 2 N–H and O–H groups in total. The molecule has 0 aliphatic carbocycles. The van der Waals surface area contributed by atoms with Gasteiger partial charge in [-0.15, -0.1) is 11.3 Å². The van der Waals surface area contributed by atoms with Gasteiger partial charge < -0.3 is 10.3 Å². The highest BCUT2D eigenvalue weighted by molar-refractivity contribution is 7.14. The summed E-state index contributed by atoms with van der Waals surface area (Å²) in [6.45, 7) is 0. The number of rotatable bonds is 3. The van der Waals surface area contributed by atoms with Gasteiger partial charge in [-0.2, -0.15) is 0 Å². The third-order valence-electron chi connectivity index (χ3n) is 3.13. The maximum Gasteiger partial charge on any atom is 0.188 e. The Balaban J connectivity index is 1.68. The van der Waals surface area contributed by atoms with Crippen LogP contribution in [-0.4, -0.2) is 19.9 Å². The van der Waals surface area contributed by atoms with Crippen molar-refractivity contribution in [3.05, 3.63) is 54.3 Å². The fourth-order valence-corrected chi connectivity index (χ4v) is 2.89. The minimum absolute atomic E-state index is 0.791. The van der Waals surface area contributed by atoms with Crippen LogP contribution in [0.5, 0.6) is 0 Å². The molecule has 0 aromatic carbocycles. The fraction of sp³-hybridized carbons (Fsp3) is 0. The van der Waals surface area contributed by atoms with Crippen LogP contribution in [0.2, 0.25) is 0 Å². The van der Waals surface area contributed by atoms with Gasteiger partial charge in [0.05, 0.1) is 5.69 Å². The molecule has 0 aliphatic heterocycles. The first-order chi connectivity index (χ1) is 10.4. The Hall–Kier alpha value is -2.73. The summed E-state index contributed by atoms with van der Waals surface area (Å²) in [7, 11) is 0. The van der Waals surface area contributed by atoms with Gasteiger partial charge >= 0.3 is 0 Å². The smallest absolute Gasteiger partial charge is 0.188 e. The first-order valence-corrected chi connectivity index (χ1v) is 7.34. The van der Waals surface area contributed by atoms with Crippen molar-refractivity contribution in [3.8, 4) is 11.3 Å². The summed E-state index contributed by atoms with van der Waals surface area (Å²) < 4.78 is 0. The monoisotopic (exact) mass is 293 g/mol. The molecule has 4 aromatic heterocycles. The van der Waals surface area contributed by atoms with E-state index in [1.807, 2.05) is 41.9 Å². The number of pyridine rings is 2. The van der Waals surface area contributed by atoms with Crippen molar-refractivity contribution in [2.24, 2.45) is 0 Å². The molecule has 0 aliphatic rings. The first kappa shape index (κ1) is 12.0. The highest BCUT2D eigenvalue weighted by Gasteiger charge is 2.10. The summed E-state index contributed by atoms with van der Waals surface area (Å²) in [6, 6.07) is 9.71. The van der Waals surface area contributed by atoms with Crippen LogP contribution < -0.4 is 5.32 Å². The van der Waals surface area contributed by atoms with E-state index in [0.29, 0.717) is 0 Å². The fourth-order valence-electron chi connectivity index (χ4n) is 2.17. The molecule has 0 amide bonds. The van der Waals surface area contributed by atoms with E-state index < -0.39 is 0 Å². The predicted octanol–water partition coefficient (Wildman–Crippen LogP) is 3.83. The Morgan fingerprint density at radius 2 is 2.00 bits per heavy atom. The van der Waals surface area contributed by atoms with Crippen molar-refractivity contribution in [1.82, 2.24) is 19.9 Å². The number of anilines is 2. The highest BCUT2D eigenvalue weighted by Crippen LogP contribution is 2.30. The Labute approximate surface area is 124 Å². The third kappa shape index (κ3) is 2.25. The number of hydrogen-bond donors (Lipinski definition) is 2. The molecule has 0 unspecified atom stereocenters. The lowest BCUT2D eigenvalue weighted by atomic mass is 10.2. The van der Waals surface area contributed by atoms with Gasteiger partial charge in [-0.05, 0) is 24.3 Å². The molecule has 0 saturated carbocycles. The number of aromatic amines is 1. The molecular weight excluding hydrogens is 282 g/mol. The van der Waals surface area contributed by atoms with Gasteiger partial charge in [0.1, 0.15) is 11.5 Å². The van der Waals surface area contributed by atoms with Gasteiger partial charge in [0.15, 0.2) is 5.13 Å². The SMILES string of the molecule is c1ccc(Nc2nc(-c3c[nH]c4ncccc34)cs2)nc1. The van der Waals surface area contributed by atoms with E-state index in [1.165, 1.54) is 0 Å². The van der Waals surface area contributed by atoms with E-state index in [0.717, 1.165) is 33.2 Å². The minimum Gasteiger partial charge on any atom is -0.345 e. The van der Waals surface area contributed by atoms with Crippen LogP contribution in [0.1, 0.15) is 0 Å². The summed E-state index contributed by atoms with van der Waals surface area (Å²) in [5.41, 5.74) is 2.86. The molecule has 6 heteroatoms. The topological polar surface area (TPSA) is 66.5 Å². The van der Waals surface area contributed by atoms with Gasteiger partial charge in [0.25, 0.3) is 0 Å². The Morgan fingerprint density at radius 3 is 2.90 bits per heavy atom. The second-order valence-electron chi connectivity index (χ2n) is 4.48. The quantitative estimate of drug-likeness (QED) is 0.602. The number of fused-ring (bicyclic) bond motifs is 1. The first-order valence-electron chi connectivity index (χ1n) is 6.46. The molecule has 4 heterocycles. The minimum atomic E-state index is 0.791. The number of hydrogen-bond acceptors (Lipinski definition) is 5. The van der Waals surface area contributed by atoms with E-state index in [1.54, 1.807) is 23.7 Å². The summed E-state index contributed by atoms with van der Waals surface area (Å²) in [5, 5.41) is 7.13. The van der Waals surface area contributed by atoms with E-state index in [4.69, 9.17) is 0 Å². The van der Waals surface area contributed by atoms with Crippen LogP contribution in [0, 0.1) is 0 Å². The molecule has 0 spiro atoms. The average Bonchev–Trinajstić information content (AvgIpc) is 3.14. The molecular formula is C15H11N5S. The Bertz CT molecular complexity index is 881. The second-order valence-corrected chi connectivity index (χ2v) is 5.34. The number of aromatic nitrogens is 4. The van der Waals surface area contributed by atoms with Gasteiger partial charge in [0.2, 0.25) is 0 Å². The van der Waals surface area contributed by atoms with Crippen molar-refractivity contribution in [2.45, 2.75) is 0 Å². The van der Waals surface area contributed by atoms with E-state index in [9.17, 15) is 0 Å². The summed E-state index contributed by atoms with van der Waals surface area (Å²) in [6.07, 6.45) is 5.47. The molecule has 0 fully saturated rings. The standard InChI is InChI=1S/C15H11N5S/c1-2-6-16-13(5-1)20-15-19-12(9-21-15)11-8-18-14-10(11)4-3-7-17-14/h1-9H,(H,17,18)(H,16,19,20). The van der Waals surface area contributed by atoms with Crippen molar-refractivity contribution >= 4 is 33.3 Å². The van der Waals surface area contributed by atoms with Gasteiger partial charge in [0, 0.05) is 34.9 Å². The van der Waals surface area contributed by atoms with Gasteiger partial charge in [-0.25, -0.2) is 15.0 Å². The summed E-state index contributed by atoms with van der Waals surface area (Å²) in [5.74, 6) is 0.791. The van der Waals surface area contributed by atoms with E-state index in [-0.39, 0.29) is 0 Å². The van der Waals surface area contributed by atoms with Crippen LogP contribution in [0.15, 0.2) is 54.3 Å². The summed E-state index contributed by atoms with van der Waals surface area (Å²) in [4.78, 5) is 16.3. The molecule has 4 rings (SSSR count). The Morgan fingerprint density at radius 1 is 1.05 bits per heavy atom. The lowest BCUT2D eigenvalue weighted by molar-refractivity contribution is 1.29. The zero-order chi connectivity index (χ0) is 14.1. The zero-order valence-electron chi connectivity index (χ0n) is 10.9. The summed E-state index contributed by atoms with van der Waals surface area (Å²) >= 11 is 1.55. The van der Waals surface area contributed by atoms with Crippen molar-refractivity contribution < 1.29 is 0 Å². The van der Waals surface area contributed by atoms with Crippen molar-refractivity contribution in [2.75, 3.05) is 5.32 Å². The molecule has 21 heavy (non-hydrogen) atoms. The molecule has 0 saturated heterocycles. The maximum absolute atomic E-state index is 4.62. The lowest BCUT2D eigenvalue weighted by Crippen LogP contribution is -1.91. The second kappa shape index (κ2) is 4.99. The van der Waals surface area contributed by atoms with Crippen molar-refractivity contribution in [3.63, 3.8) is 0 Å². The average molecular weight is 293 g/mol. The molecule has 4 aromatic rings. The lowest BCUT2D eigenvalue weighted by Gasteiger charge is -1.99. The van der Waals surface area contributed by atoms with Crippen molar-refractivity contribution in [1.29, 1.82) is 0 Å². The number of nitrogens with one attached hydrogen (secondary N) is 2. The molecule has 0 bridgehead atoms. The molecule has 5 nitrogen and oxygen atoms in total. The number of H-pyrrole nitrogens is 1. The molecule has 0 radical (unpaired) electrons. The molecule has 0 atom stereocenters. The van der Waals surface area contributed by atoms with Gasteiger partial charge in [-0.3, -0.25) is 0 Å². The largest absolute Gasteiger partial charge is 0.345 e. The van der Waals surface area contributed by atoms with Crippen LogP contribution in [0.4, 0.5) is 10.9 Å². The predicted molar refractivity (Wildman–Crippen MR) is 84.7 cm³/mol. The Kier molecular flexibility index (Phi) is 2.86. The van der Waals surface area contributed by atoms with Crippen LogP contribution in [0.3, 0.4) is 0 Å². The molecule has 102 valence electrons. The normalized spacial score (nSPS) is 10.9. The third-order valence-corrected chi connectivity index (χ3v) is 3.89. The zero-order valence-corrected chi connectivity index (χ0v) is 11.8. The number of thiazole rings is 1.